The summed E-state index contributed by atoms with van der Waals surface area (Å²) < 4.78 is 5.61. The van der Waals surface area contributed by atoms with Crippen molar-refractivity contribution in [3.05, 3.63) is 24.4 Å². The SMILES string of the molecule is CC1OCCC1NC1CCN(c2ccccn2)CC1. The molecular weight excluding hydrogens is 238 g/mol. The monoisotopic (exact) mass is 261 g/mol. The van der Waals surface area contributed by atoms with Crippen LogP contribution >= 0.6 is 0 Å². The van der Waals surface area contributed by atoms with Gasteiger partial charge in [0.15, 0.2) is 0 Å². The van der Waals surface area contributed by atoms with Crippen molar-refractivity contribution in [1.82, 2.24) is 10.3 Å². The Kier molecular flexibility index (Phi) is 3.99. The molecule has 3 rings (SSSR count). The Hall–Kier alpha value is -1.13. The van der Waals surface area contributed by atoms with E-state index in [-0.39, 0.29) is 0 Å². The number of hydrogen-bond donors (Lipinski definition) is 1. The molecule has 0 saturated carbocycles. The number of ether oxygens (including phenoxy) is 1. The van der Waals surface area contributed by atoms with E-state index >= 15 is 0 Å². The highest BCUT2D eigenvalue weighted by Gasteiger charge is 2.28. The van der Waals surface area contributed by atoms with Crippen molar-refractivity contribution in [1.29, 1.82) is 0 Å². The van der Waals surface area contributed by atoms with Crippen LogP contribution in [0.5, 0.6) is 0 Å². The highest BCUT2D eigenvalue weighted by Crippen LogP contribution is 2.20. The third kappa shape index (κ3) is 3.07. The Morgan fingerprint density at radius 3 is 2.74 bits per heavy atom. The fourth-order valence-electron chi connectivity index (χ4n) is 3.07. The smallest absolute Gasteiger partial charge is 0.128 e. The summed E-state index contributed by atoms with van der Waals surface area (Å²) in [5.74, 6) is 1.11. The summed E-state index contributed by atoms with van der Waals surface area (Å²) in [6.45, 7) is 5.27. The van der Waals surface area contributed by atoms with Crippen molar-refractivity contribution in [3.63, 3.8) is 0 Å². The van der Waals surface area contributed by atoms with Crippen LogP contribution in [0, 0.1) is 0 Å². The van der Waals surface area contributed by atoms with Crippen LogP contribution in [0.2, 0.25) is 0 Å². The standard InChI is InChI=1S/C15H23N3O/c1-12-14(7-11-19-12)17-13-5-9-18(10-6-13)15-4-2-3-8-16-15/h2-4,8,12-14,17H,5-7,9-11H2,1H3. The van der Waals surface area contributed by atoms with Gasteiger partial charge in [-0.15, -0.1) is 0 Å². The summed E-state index contributed by atoms with van der Waals surface area (Å²) in [6, 6.07) is 7.31. The molecule has 2 atom stereocenters. The lowest BCUT2D eigenvalue weighted by Gasteiger charge is -2.35. The van der Waals surface area contributed by atoms with Crippen LogP contribution < -0.4 is 10.2 Å². The van der Waals surface area contributed by atoms with E-state index in [0.717, 1.165) is 31.9 Å². The molecule has 19 heavy (non-hydrogen) atoms. The average Bonchev–Trinajstić information content (AvgIpc) is 2.86. The molecule has 2 aliphatic rings. The zero-order valence-corrected chi connectivity index (χ0v) is 11.6. The van der Waals surface area contributed by atoms with Gasteiger partial charge >= 0.3 is 0 Å². The predicted molar refractivity (Wildman–Crippen MR) is 76.4 cm³/mol. The minimum absolute atomic E-state index is 0.369. The Labute approximate surface area is 115 Å². The topological polar surface area (TPSA) is 37.4 Å². The summed E-state index contributed by atoms with van der Waals surface area (Å²) in [5.41, 5.74) is 0. The minimum Gasteiger partial charge on any atom is -0.377 e. The van der Waals surface area contributed by atoms with Gasteiger partial charge in [0.05, 0.1) is 6.10 Å². The lowest BCUT2D eigenvalue weighted by Crippen LogP contribution is -2.48. The first-order chi connectivity index (χ1) is 9.33. The lowest BCUT2D eigenvalue weighted by molar-refractivity contribution is 0.110. The molecular formula is C15H23N3O. The first-order valence-electron chi connectivity index (χ1n) is 7.36. The molecule has 2 fully saturated rings. The number of pyridine rings is 1. The number of hydrogen-bond acceptors (Lipinski definition) is 4. The fourth-order valence-corrected chi connectivity index (χ4v) is 3.07. The van der Waals surface area contributed by atoms with Crippen LogP contribution in [0.25, 0.3) is 0 Å². The number of anilines is 1. The van der Waals surface area contributed by atoms with Crippen molar-refractivity contribution in [3.8, 4) is 0 Å². The van der Waals surface area contributed by atoms with Gasteiger partial charge in [0.25, 0.3) is 0 Å². The highest BCUT2D eigenvalue weighted by atomic mass is 16.5. The van der Waals surface area contributed by atoms with Gasteiger partial charge in [-0.1, -0.05) is 6.07 Å². The number of piperidine rings is 1. The van der Waals surface area contributed by atoms with Crippen molar-refractivity contribution >= 4 is 5.82 Å². The van der Waals surface area contributed by atoms with Gasteiger partial charge in [0.1, 0.15) is 5.82 Å². The molecule has 0 bridgehead atoms. The van der Waals surface area contributed by atoms with E-state index in [9.17, 15) is 0 Å². The van der Waals surface area contributed by atoms with Crippen LogP contribution in [0.1, 0.15) is 26.2 Å². The third-order valence-corrected chi connectivity index (χ3v) is 4.29. The Morgan fingerprint density at radius 2 is 2.11 bits per heavy atom. The first-order valence-corrected chi connectivity index (χ1v) is 7.36. The highest BCUT2D eigenvalue weighted by molar-refractivity contribution is 5.38. The number of aromatic nitrogens is 1. The molecule has 0 spiro atoms. The number of nitrogens with zero attached hydrogens (tertiary/aromatic N) is 2. The van der Waals surface area contributed by atoms with E-state index in [4.69, 9.17) is 4.74 Å². The summed E-state index contributed by atoms with van der Waals surface area (Å²) in [7, 11) is 0. The molecule has 0 radical (unpaired) electrons. The molecule has 2 aliphatic heterocycles. The normalized spacial score (nSPS) is 28.8. The van der Waals surface area contributed by atoms with Gasteiger partial charge in [0.2, 0.25) is 0 Å². The van der Waals surface area contributed by atoms with E-state index in [2.05, 4.69) is 34.3 Å². The molecule has 2 saturated heterocycles. The molecule has 1 aromatic heterocycles. The fraction of sp³-hybridized carbons (Fsp3) is 0.667. The van der Waals surface area contributed by atoms with Crippen LogP contribution in [0.3, 0.4) is 0 Å². The summed E-state index contributed by atoms with van der Waals surface area (Å²) in [6.07, 6.45) is 5.78. The van der Waals surface area contributed by atoms with E-state index < -0.39 is 0 Å². The summed E-state index contributed by atoms with van der Waals surface area (Å²) in [4.78, 5) is 6.81. The zero-order chi connectivity index (χ0) is 13.1. The minimum atomic E-state index is 0.369. The molecule has 0 amide bonds. The second-order valence-corrected chi connectivity index (χ2v) is 5.59. The first kappa shape index (κ1) is 12.9. The molecule has 3 heterocycles. The van der Waals surface area contributed by atoms with Crippen molar-refractivity contribution in [2.24, 2.45) is 0 Å². The van der Waals surface area contributed by atoms with E-state index in [1.165, 1.54) is 12.8 Å². The van der Waals surface area contributed by atoms with Gasteiger partial charge in [-0.3, -0.25) is 0 Å². The molecule has 4 nitrogen and oxygen atoms in total. The molecule has 104 valence electrons. The van der Waals surface area contributed by atoms with Gasteiger partial charge in [-0.2, -0.15) is 0 Å². The largest absolute Gasteiger partial charge is 0.377 e. The van der Waals surface area contributed by atoms with Crippen LogP contribution in [-0.4, -0.2) is 42.9 Å². The average molecular weight is 261 g/mol. The maximum atomic E-state index is 5.61. The van der Waals surface area contributed by atoms with Crippen LogP contribution in [-0.2, 0) is 4.74 Å². The van der Waals surface area contributed by atoms with Crippen molar-refractivity contribution in [2.45, 2.75) is 44.4 Å². The third-order valence-electron chi connectivity index (χ3n) is 4.29. The van der Waals surface area contributed by atoms with Gasteiger partial charge in [-0.05, 0) is 38.3 Å². The maximum Gasteiger partial charge on any atom is 0.128 e. The molecule has 4 heteroatoms. The van der Waals surface area contributed by atoms with Gasteiger partial charge < -0.3 is 15.0 Å². The van der Waals surface area contributed by atoms with E-state index in [1.54, 1.807) is 0 Å². The summed E-state index contributed by atoms with van der Waals surface area (Å²) in [5, 5.41) is 3.77. The number of rotatable bonds is 3. The molecule has 1 N–H and O–H groups in total. The second-order valence-electron chi connectivity index (χ2n) is 5.59. The Bertz CT molecular complexity index is 390. The number of nitrogens with one attached hydrogen (secondary N) is 1. The van der Waals surface area contributed by atoms with E-state index in [1.807, 2.05) is 12.3 Å². The molecule has 2 unspecified atom stereocenters. The lowest BCUT2D eigenvalue weighted by atomic mass is 10.0. The van der Waals surface area contributed by atoms with Crippen molar-refractivity contribution in [2.75, 3.05) is 24.6 Å². The maximum absolute atomic E-state index is 5.61. The van der Waals surface area contributed by atoms with Crippen molar-refractivity contribution < 1.29 is 4.74 Å². The molecule has 1 aromatic rings. The zero-order valence-electron chi connectivity index (χ0n) is 11.6. The second kappa shape index (κ2) is 5.88. The quantitative estimate of drug-likeness (QED) is 0.900. The Balaban J connectivity index is 1.49. The van der Waals surface area contributed by atoms with Crippen LogP contribution in [0.4, 0.5) is 5.82 Å². The van der Waals surface area contributed by atoms with Gasteiger partial charge in [0, 0.05) is 38.0 Å². The Morgan fingerprint density at radius 1 is 1.26 bits per heavy atom. The predicted octanol–water partition coefficient (Wildman–Crippen LogP) is 1.82. The van der Waals surface area contributed by atoms with Gasteiger partial charge in [-0.25, -0.2) is 4.98 Å². The summed E-state index contributed by atoms with van der Waals surface area (Å²) >= 11 is 0. The van der Waals surface area contributed by atoms with Crippen LogP contribution in [0.15, 0.2) is 24.4 Å². The molecule has 0 aromatic carbocycles. The van der Waals surface area contributed by atoms with E-state index in [0.29, 0.717) is 18.2 Å². The molecule has 0 aliphatic carbocycles.